The van der Waals surface area contributed by atoms with Gasteiger partial charge in [0.05, 0.1) is 6.04 Å². The van der Waals surface area contributed by atoms with Gasteiger partial charge in [-0.05, 0) is 25.8 Å². The summed E-state index contributed by atoms with van der Waals surface area (Å²) in [6.45, 7) is 8.93. The van der Waals surface area contributed by atoms with Gasteiger partial charge in [-0.25, -0.2) is 0 Å². The lowest BCUT2D eigenvalue weighted by molar-refractivity contribution is -0.122. The van der Waals surface area contributed by atoms with Crippen LogP contribution in [0.1, 0.15) is 26.7 Å². The Hall–Kier alpha value is -0.870. The first kappa shape index (κ1) is 15.1. The van der Waals surface area contributed by atoms with Crippen molar-refractivity contribution in [2.75, 3.05) is 19.7 Å². The van der Waals surface area contributed by atoms with Crippen LogP contribution in [0.4, 0.5) is 0 Å². The largest absolute Gasteiger partial charge is 0.396 e. The number of rotatable bonds is 9. The minimum Gasteiger partial charge on any atom is -0.396 e. The van der Waals surface area contributed by atoms with Gasteiger partial charge in [0, 0.05) is 13.2 Å². The van der Waals surface area contributed by atoms with Gasteiger partial charge in [0.1, 0.15) is 0 Å². The summed E-state index contributed by atoms with van der Waals surface area (Å²) in [5.41, 5.74) is 0. The highest BCUT2D eigenvalue weighted by Gasteiger charge is 2.13. The topological polar surface area (TPSA) is 61.4 Å². The fourth-order valence-corrected chi connectivity index (χ4v) is 1.40. The second kappa shape index (κ2) is 9.36. The van der Waals surface area contributed by atoms with E-state index in [2.05, 4.69) is 24.1 Å². The standard InChI is InChI=1S/C12H24N2O2/c1-4-7-13-12(16)10(3)14-9-11(5-2)6-8-15/h4,10-11,14-15H,1,5-9H2,2-3H3,(H,13,16). The molecule has 16 heavy (non-hydrogen) atoms. The molecule has 0 aliphatic rings. The van der Waals surface area contributed by atoms with Crippen LogP contribution < -0.4 is 10.6 Å². The summed E-state index contributed by atoms with van der Waals surface area (Å²) in [4.78, 5) is 11.5. The molecule has 0 fully saturated rings. The second-order valence-electron chi connectivity index (χ2n) is 3.95. The highest BCUT2D eigenvalue weighted by atomic mass is 16.3. The number of hydrogen-bond donors (Lipinski definition) is 3. The van der Waals surface area contributed by atoms with Gasteiger partial charge in [0.15, 0.2) is 0 Å². The number of aliphatic hydroxyl groups is 1. The summed E-state index contributed by atoms with van der Waals surface area (Å²) in [5.74, 6) is 0.415. The summed E-state index contributed by atoms with van der Waals surface area (Å²) >= 11 is 0. The van der Waals surface area contributed by atoms with E-state index >= 15 is 0 Å². The van der Waals surface area contributed by atoms with Crippen LogP contribution in [0, 0.1) is 5.92 Å². The van der Waals surface area contributed by atoms with Crippen LogP contribution in [0.5, 0.6) is 0 Å². The Morgan fingerprint density at radius 2 is 2.25 bits per heavy atom. The molecule has 0 rings (SSSR count). The number of amides is 1. The van der Waals surface area contributed by atoms with Gasteiger partial charge in [0.2, 0.25) is 5.91 Å². The van der Waals surface area contributed by atoms with Gasteiger partial charge in [-0.1, -0.05) is 19.4 Å². The van der Waals surface area contributed by atoms with Gasteiger partial charge >= 0.3 is 0 Å². The van der Waals surface area contributed by atoms with Gasteiger partial charge in [-0.15, -0.1) is 6.58 Å². The summed E-state index contributed by atoms with van der Waals surface area (Å²) in [5, 5.41) is 14.7. The minimum atomic E-state index is -0.201. The smallest absolute Gasteiger partial charge is 0.237 e. The lowest BCUT2D eigenvalue weighted by Crippen LogP contribution is -2.43. The molecule has 2 atom stereocenters. The summed E-state index contributed by atoms with van der Waals surface area (Å²) < 4.78 is 0. The lowest BCUT2D eigenvalue weighted by atomic mass is 10.0. The Kier molecular flexibility index (Phi) is 8.85. The summed E-state index contributed by atoms with van der Waals surface area (Å²) in [6.07, 6.45) is 3.45. The van der Waals surface area contributed by atoms with E-state index in [1.54, 1.807) is 6.08 Å². The molecule has 0 heterocycles. The molecular formula is C12H24N2O2. The fourth-order valence-electron chi connectivity index (χ4n) is 1.40. The third kappa shape index (κ3) is 6.58. The molecule has 3 N–H and O–H groups in total. The zero-order valence-electron chi connectivity index (χ0n) is 10.3. The molecule has 4 heteroatoms. The van der Waals surface area contributed by atoms with Crippen molar-refractivity contribution in [1.29, 1.82) is 0 Å². The maximum Gasteiger partial charge on any atom is 0.237 e. The van der Waals surface area contributed by atoms with E-state index in [4.69, 9.17) is 5.11 Å². The number of aliphatic hydroxyl groups excluding tert-OH is 1. The number of hydrogen-bond acceptors (Lipinski definition) is 3. The SMILES string of the molecule is C=CCNC(=O)C(C)NCC(CC)CCO. The van der Waals surface area contributed by atoms with E-state index < -0.39 is 0 Å². The van der Waals surface area contributed by atoms with Gasteiger partial charge in [-0.2, -0.15) is 0 Å². The Balaban J connectivity index is 3.80. The molecule has 0 aromatic carbocycles. The third-order valence-corrected chi connectivity index (χ3v) is 2.64. The Morgan fingerprint density at radius 3 is 2.75 bits per heavy atom. The van der Waals surface area contributed by atoms with E-state index in [9.17, 15) is 4.79 Å². The number of carbonyl (C=O) groups is 1. The van der Waals surface area contributed by atoms with Gasteiger partial charge in [-0.3, -0.25) is 4.79 Å². The molecule has 0 aromatic heterocycles. The van der Waals surface area contributed by atoms with Crippen LogP contribution in [0.2, 0.25) is 0 Å². The molecule has 0 spiro atoms. The van der Waals surface area contributed by atoms with Crippen molar-refractivity contribution in [1.82, 2.24) is 10.6 Å². The molecule has 94 valence electrons. The number of carbonyl (C=O) groups excluding carboxylic acids is 1. The van der Waals surface area contributed by atoms with Crippen molar-refractivity contribution in [2.45, 2.75) is 32.7 Å². The molecule has 4 nitrogen and oxygen atoms in total. The quantitative estimate of drug-likeness (QED) is 0.508. The molecule has 0 bridgehead atoms. The Labute approximate surface area is 98.1 Å². The molecule has 0 saturated heterocycles. The minimum absolute atomic E-state index is 0.0150. The number of nitrogens with one attached hydrogen (secondary N) is 2. The fraction of sp³-hybridized carbons (Fsp3) is 0.750. The highest BCUT2D eigenvalue weighted by molar-refractivity contribution is 5.81. The molecule has 1 amide bonds. The highest BCUT2D eigenvalue weighted by Crippen LogP contribution is 2.05. The average Bonchev–Trinajstić information content (AvgIpc) is 2.30. The van der Waals surface area contributed by atoms with E-state index in [1.807, 2.05) is 6.92 Å². The summed E-state index contributed by atoms with van der Waals surface area (Å²) in [6, 6.07) is -0.201. The molecule has 0 aromatic rings. The zero-order valence-corrected chi connectivity index (χ0v) is 10.3. The van der Waals surface area contributed by atoms with E-state index in [0.29, 0.717) is 12.5 Å². The summed E-state index contributed by atoms with van der Waals surface area (Å²) in [7, 11) is 0. The van der Waals surface area contributed by atoms with E-state index in [-0.39, 0.29) is 18.6 Å². The van der Waals surface area contributed by atoms with E-state index in [1.165, 1.54) is 0 Å². The van der Waals surface area contributed by atoms with Gasteiger partial charge in [0.25, 0.3) is 0 Å². The molecule has 0 radical (unpaired) electrons. The Morgan fingerprint density at radius 1 is 1.56 bits per heavy atom. The predicted octanol–water partition coefficient (Wildman–Crippen LogP) is 0.675. The Bertz CT molecular complexity index is 207. The van der Waals surface area contributed by atoms with Crippen molar-refractivity contribution in [2.24, 2.45) is 5.92 Å². The molecule has 0 saturated carbocycles. The van der Waals surface area contributed by atoms with Gasteiger partial charge < -0.3 is 15.7 Å². The van der Waals surface area contributed by atoms with Crippen molar-refractivity contribution >= 4 is 5.91 Å². The molecule has 0 aliphatic carbocycles. The maximum absolute atomic E-state index is 11.5. The zero-order chi connectivity index (χ0) is 12.4. The lowest BCUT2D eigenvalue weighted by Gasteiger charge is -2.18. The first-order valence-electron chi connectivity index (χ1n) is 5.88. The van der Waals surface area contributed by atoms with Crippen molar-refractivity contribution in [3.8, 4) is 0 Å². The van der Waals surface area contributed by atoms with Crippen LogP contribution in [0.15, 0.2) is 12.7 Å². The van der Waals surface area contributed by atoms with Crippen molar-refractivity contribution in [3.63, 3.8) is 0 Å². The van der Waals surface area contributed by atoms with Crippen LogP contribution in [-0.2, 0) is 4.79 Å². The maximum atomic E-state index is 11.5. The van der Waals surface area contributed by atoms with Crippen molar-refractivity contribution in [3.05, 3.63) is 12.7 Å². The third-order valence-electron chi connectivity index (χ3n) is 2.64. The predicted molar refractivity (Wildman–Crippen MR) is 66.2 cm³/mol. The molecule has 2 unspecified atom stereocenters. The first-order valence-corrected chi connectivity index (χ1v) is 5.88. The van der Waals surface area contributed by atoms with Crippen LogP contribution in [0.25, 0.3) is 0 Å². The molecular weight excluding hydrogens is 204 g/mol. The van der Waals surface area contributed by atoms with E-state index in [0.717, 1.165) is 19.4 Å². The second-order valence-corrected chi connectivity index (χ2v) is 3.95. The van der Waals surface area contributed by atoms with Crippen LogP contribution in [0.3, 0.4) is 0 Å². The van der Waals surface area contributed by atoms with Crippen LogP contribution >= 0.6 is 0 Å². The van der Waals surface area contributed by atoms with Crippen molar-refractivity contribution < 1.29 is 9.90 Å². The van der Waals surface area contributed by atoms with Crippen LogP contribution in [-0.4, -0.2) is 36.8 Å². The monoisotopic (exact) mass is 228 g/mol. The molecule has 0 aliphatic heterocycles. The first-order chi connectivity index (χ1) is 7.65. The normalized spacial score (nSPS) is 14.2. The average molecular weight is 228 g/mol.